The number of hydrogen-bond acceptors (Lipinski definition) is 5. The van der Waals surface area contributed by atoms with Crippen LogP contribution in [0.2, 0.25) is 0 Å². The Balaban J connectivity index is 3.11. The van der Waals surface area contributed by atoms with Gasteiger partial charge in [0.05, 0.1) is 25.6 Å². The van der Waals surface area contributed by atoms with Gasteiger partial charge in [0.2, 0.25) is 5.91 Å². The van der Waals surface area contributed by atoms with Crippen molar-refractivity contribution in [1.29, 1.82) is 0 Å². The lowest BCUT2D eigenvalue weighted by Gasteiger charge is -2.05. The molecule has 0 heterocycles. The first-order chi connectivity index (χ1) is 7.81. The van der Waals surface area contributed by atoms with E-state index >= 15 is 0 Å². The Labute approximate surface area is 101 Å². The number of carbonyl (C=O) groups is 1. The van der Waals surface area contributed by atoms with Crippen molar-refractivity contribution in [2.45, 2.75) is 6.42 Å². The Bertz CT molecular complexity index is 169. The van der Waals surface area contributed by atoms with Gasteiger partial charge in [-0.2, -0.15) is 0 Å². The summed E-state index contributed by atoms with van der Waals surface area (Å²) in [4.78, 5) is 11.2. The van der Waals surface area contributed by atoms with Crippen molar-refractivity contribution < 1.29 is 19.4 Å². The normalized spacial score (nSPS) is 10.4. The molecular weight excluding hydrogens is 230 g/mol. The van der Waals surface area contributed by atoms with E-state index in [4.69, 9.17) is 14.6 Å². The van der Waals surface area contributed by atoms with Crippen LogP contribution in [0.5, 0.6) is 0 Å². The van der Waals surface area contributed by atoms with Gasteiger partial charge in [-0.3, -0.25) is 4.79 Å². The van der Waals surface area contributed by atoms with Crippen molar-refractivity contribution >= 4 is 17.7 Å². The molecule has 0 saturated heterocycles. The monoisotopic (exact) mass is 251 g/mol. The van der Waals surface area contributed by atoms with Gasteiger partial charge < -0.3 is 19.9 Å². The quantitative estimate of drug-likeness (QED) is 0.501. The van der Waals surface area contributed by atoms with Crippen LogP contribution in [0.25, 0.3) is 0 Å². The number of amides is 1. The predicted octanol–water partition coefficient (Wildman–Crippen LogP) is -0.119. The molecule has 5 nitrogen and oxygen atoms in total. The van der Waals surface area contributed by atoms with E-state index in [1.165, 1.54) is 0 Å². The summed E-state index contributed by atoms with van der Waals surface area (Å²) >= 11 is 1.56. The average Bonchev–Trinajstić information content (AvgIpc) is 2.29. The lowest BCUT2D eigenvalue weighted by molar-refractivity contribution is -0.118. The summed E-state index contributed by atoms with van der Waals surface area (Å²) in [6.07, 6.45) is 0.772. The second kappa shape index (κ2) is 12.8. The van der Waals surface area contributed by atoms with E-state index < -0.39 is 0 Å². The van der Waals surface area contributed by atoms with Crippen LogP contribution in [0.1, 0.15) is 6.42 Å². The van der Waals surface area contributed by atoms with Crippen LogP contribution in [-0.4, -0.2) is 62.6 Å². The maximum Gasteiger partial charge on any atom is 0.229 e. The van der Waals surface area contributed by atoms with Crippen LogP contribution in [0.3, 0.4) is 0 Å². The van der Waals surface area contributed by atoms with Crippen molar-refractivity contribution in [1.82, 2.24) is 5.32 Å². The summed E-state index contributed by atoms with van der Waals surface area (Å²) in [5.41, 5.74) is 0. The van der Waals surface area contributed by atoms with E-state index in [0.29, 0.717) is 32.1 Å². The first-order valence-corrected chi connectivity index (χ1v) is 6.48. The lowest BCUT2D eigenvalue weighted by Crippen LogP contribution is -2.27. The number of thioether (sulfide) groups is 1. The molecule has 0 unspecified atom stereocenters. The Hall–Kier alpha value is -0.300. The van der Waals surface area contributed by atoms with Crippen molar-refractivity contribution in [2.75, 3.05) is 51.6 Å². The fourth-order valence-corrected chi connectivity index (χ4v) is 1.64. The molecule has 0 aliphatic heterocycles. The largest absolute Gasteiger partial charge is 0.394 e. The molecule has 1 amide bonds. The van der Waals surface area contributed by atoms with Gasteiger partial charge >= 0.3 is 0 Å². The van der Waals surface area contributed by atoms with Crippen LogP contribution in [0.4, 0.5) is 0 Å². The molecule has 2 N–H and O–H groups in total. The molecule has 16 heavy (non-hydrogen) atoms. The summed E-state index contributed by atoms with van der Waals surface area (Å²) in [7, 11) is 1.65. The summed E-state index contributed by atoms with van der Waals surface area (Å²) < 4.78 is 9.92. The topological polar surface area (TPSA) is 67.8 Å². The standard InChI is InChI=1S/C10H21NO4S/c1-14-7-8-16-9-10(13)11-3-2-5-15-6-4-12/h12H,2-9H2,1H3,(H,11,13). The number of carbonyl (C=O) groups excluding carboxylic acids is 1. The molecule has 6 heteroatoms. The number of aliphatic hydroxyl groups is 1. The van der Waals surface area contributed by atoms with Crippen LogP contribution in [0, 0.1) is 0 Å². The highest BCUT2D eigenvalue weighted by molar-refractivity contribution is 7.99. The highest BCUT2D eigenvalue weighted by atomic mass is 32.2. The molecule has 0 spiro atoms. The minimum absolute atomic E-state index is 0.0441. The summed E-state index contributed by atoms with van der Waals surface area (Å²) in [6, 6.07) is 0. The minimum atomic E-state index is 0.0441. The molecule has 0 aromatic carbocycles. The molecule has 0 aromatic heterocycles. The van der Waals surface area contributed by atoms with Gasteiger partial charge in [-0.05, 0) is 6.42 Å². The van der Waals surface area contributed by atoms with Gasteiger partial charge in [0.1, 0.15) is 0 Å². The fraction of sp³-hybridized carbons (Fsp3) is 0.900. The van der Waals surface area contributed by atoms with Gasteiger partial charge in [-0.1, -0.05) is 0 Å². The number of hydrogen-bond donors (Lipinski definition) is 2. The number of ether oxygens (including phenoxy) is 2. The molecule has 0 atom stereocenters. The molecule has 0 aliphatic rings. The third-order valence-electron chi connectivity index (χ3n) is 1.69. The van der Waals surface area contributed by atoms with E-state index in [9.17, 15) is 4.79 Å². The van der Waals surface area contributed by atoms with E-state index in [-0.39, 0.29) is 12.5 Å². The molecule has 0 fully saturated rings. The SMILES string of the molecule is COCCSCC(=O)NCCCOCCO. The highest BCUT2D eigenvalue weighted by Crippen LogP contribution is 1.98. The number of rotatable bonds is 11. The van der Waals surface area contributed by atoms with Crippen LogP contribution in [0.15, 0.2) is 0 Å². The minimum Gasteiger partial charge on any atom is -0.394 e. The Morgan fingerprint density at radius 2 is 2.19 bits per heavy atom. The molecule has 96 valence electrons. The van der Waals surface area contributed by atoms with Crippen LogP contribution >= 0.6 is 11.8 Å². The maximum atomic E-state index is 11.2. The van der Waals surface area contributed by atoms with Gasteiger partial charge in [-0.25, -0.2) is 0 Å². The van der Waals surface area contributed by atoms with Gasteiger partial charge in [0.25, 0.3) is 0 Å². The first-order valence-electron chi connectivity index (χ1n) is 5.33. The van der Waals surface area contributed by atoms with Crippen molar-refractivity contribution in [3.8, 4) is 0 Å². The van der Waals surface area contributed by atoms with Crippen LogP contribution < -0.4 is 5.32 Å². The molecule has 0 rings (SSSR count). The Morgan fingerprint density at radius 3 is 2.88 bits per heavy atom. The Kier molecular flexibility index (Phi) is 12.5. The second-order valence-electron chi connectivity index (χ2n) is 3.08. The average molecular weight is 251 g/mol. The van der Waals surface area contributed by atoms with Gasteiger partial charge in [0, 0.05) is 26.0 Å². The number of nitrogens with one attached hydrogen (secondary N) is 1. The molecule has 0 aromatic rings. The molecule has 0 bridgehead atoms. The molecule has 0 radical (unpaired) electrons. The summed E-state index contributed by atoms with van der Waals surface area (Å²) in [6.45, 7) is 2.27. The maximum absolute atomic E-state index is 11.2. The van der Waals surface area contributed by atoms with Gasteiger partial charge in [0.15, 0.2) is 0 Å². The second-order valence-corrected chi connectivity index (χ2v) is 4.19. The zero-order valence-electron chi connectivity index (χ0n) is 9.74. The van der Waals surface area contributed by atoms with Crippen molar-refractivity contribution in [3.63, 3.8) is 0 Å². The number of methoxy groups -OCH3 is 1. The van der Waals surface area contributed by atoms with Crippen LogP contribution in [-0.2, 0) is 14.3 Å². The third kappa shape index (κ3) is 11.8. The fourth-order valence-electron chi connectivity index (χ4n) is 0.927. The zero-order valence-corrected chi connectivity index (χ0v) is 10.6. The predicted molar refractivity (Wildman–Crippen MR) is 64.7 cm³/mol. The number of aliphatic hydroxyl groups excluding tert-OH is 1. The third-order valence-corrected chi connectivity index (χ3v) is 2.61. The van der Waals surface area contributed by atoms with E-state index in [0.717, 1.165) is 12.2 Å². The molecule has 0 saturated carbocycles. The smallest absolute Gasteiger partial charge is 0.229 e. The van der Waals surface area contributed by atoms with E-state index in [1.807, 2.05) is 0 Å². The highest BCUT2D eigenvalue weighted by Gasteiger charge is 1.99. The lowest BCUT2D eigenvalue weighted by atomic mass is 10.4. The van der Waals surface area contributed by atoms with E-state index in [2.05, 4.69) is 5.32 Å². The summed E-state index contributed by atoms with van der Waals surface area (Å²) in [5.74, 6) is 1.35. The van der Waals surface area contributed by atoms with Crippen molar-refractivity contribution in [2.24, 2.45) is 0 Å². The molecule has 0 aliphatic carbocycles. The first kappa shape index (κ1) is 15.7. The summed E-state index contributed by atoms with van der Waals surface area (Å²) in [5, 5.41) is 11.2. The zero-order chi connectivity index (χ0) is 12.1. The van der Waals surface area contributed by atoms with E-state index in [1.54, 1.807) is 18.9 Å². The molecular formula is C10H21NO4S. The van der Waals surface area contributed by atoms with Crippen molar-refractivity contribution in [3.05, 3.63) is 0 Å². The van der Waals surface area contributed by atoms with Gasteiger partial charge in [-0.15, -0.1) is 11.8 Å². The Morgan fingerprint density at radius 1 is 1.38 bits per heavy atom.